The summed E-state index contributed by atoms with van der Waals surface area (Å²) in [5, 5.41) is 23.7. The Morgan fingerprint density at radius 3 is 2.90 bits per heavy atom. The zero-order chi connectivity index (χ0) is 14.5. The second-order valence-electron chi connectivity index (χ2n) is 4.61. The van der Waals surface area contributed by atoms with Crippen molar-refractivity contribution in [2.24, 2.45) is 11.1 Å². The maximum atomic E-state index is 10.9. The van der Waals surface area contributed by atoms with Crippen molar-refractivity contribution in [3.8, 4) is 5.75 Å². The van der Waals surface area contributed by atoms with Crippen molar-refractivity contribution in [3.05, 3.63) is 34.4 Å². The van der Waals surface area contributed by atoms with Crippen molar-refractivity contribution < 1.29 is 19.7 Å². The Morgan fingerprint density at radius 2 is 2.20 bits per heavy atom. The molecule has 1 aliphatic carbocycles. The number of carboxylic acids is 1. The molecule has 1 unspecified atom stereocenters. The van der Waals surface area contributed by atoms with Crippen LogP contribution < -0.4 is 4.84 Å². The lowest BCUT2D eigenvalue weighted by Crippen LogP contribution is -2.22. The number of rotatable bonds is 4. The predicted molar refractivity (Wildman–Crippen MR) is 70.8 cm³/mol. The van der Waals surface area contributed by atoms with Crippen LogP contribution in [-0.2, 0) is 4.79 Å². The highest BCUT2D eigenvalue weighted by Gasteiger charge is 2.24. The number of hydrogen-bond acceptors (Lipinski definition) is 5. The molecule has 0 aromatic heterocycles. The molecule has 1 aromatic carbocycles. The quantitative estimate of drug-likeness (QED) is 0.673. The van der Waals surface area contributed by atoms with Gasteiger partial charge in [-0.25, -0.2) is 0 Å². The van der Waals surface area contributed by atoms with Gasteiger partial charge < -0.3 is 9.94 Å². The maximum absolute atomic E-state index is 10.9. The van der Waals surface area contributed by atoms with Crippen LogP contribution in [0, 0.1) is 16.0 Å². The monoisotopic (exact) mass is 278 g/mol. The molecule has 1 atom stereocenters. The normalized spacial score (nSPS) is 20.6. The Hall–Kier alpha value is -2.44. The van der Waals surface area contributed by atoms with Gasteiger partial charge in [-0.1, -0.05) is 17.3 Å². The topological polar surface area (TPSA) is 102 Å². The number of oxime groups is 1. The van der Waals surface area contributed by atoms with Crippen LogP contribution in [0.4, 0.5) is 5.69 Å². The summed E-state index contributed by atoms with van der Waals surface area (Å²) in [5.41, 5.74) is 0.462. The molecule has 0 saturated heterocycles. The fourth-order valence-corrected chi connectivity index (χ4v) is 2.13. The fourth-order valence-electron chi connectivity index (χ4n) is 2.13. The zero-order valence-electron chi connectivity index (χ0n) is 10.7. The Labute approximate surface area is 115 Å². The van der Waals surface area contributed by atoms with E-state index in [-0.39, 0.29) is 11.4 Å². The second kappa shape index (κ2) is 6.14. The SMILES string of the molecule is O=C(O)C1CCCC(=NOc2ccccc2[N+](=O)[O-])C1. The van der Waals surface area contributed by atoms with Gasteiger partial charge in [0.1, 0.15) is 0 Å². The molecule has 0 spiro atoms. The lowest BCUT2D eigenvalue weighted by Gasteiger charge is -2.18. The summed E-state index contributed by atoms with van der Waals surface area (Å²) in [6.45, 7) is 0. The van der Waals surface area contributed by atoms with Gasteiger partial charge in [0, 0.05) is 12.5 Å². The number of nitro groups is 1. The number of nitrogens with zero attached hydrogens (tertiary/aromatic N) is 2. The molecule has 0 heterocycles. The molecular weight excluding hydrogens is 264 g/mol. The highest BCUT2D eigenvalue weighted by molar-refractivity contribution is 5.89. The summed E-state index contributed by atoms with van der Waals surface area (Å²) in [4.78, 5) is 26.3. The zero-order valence-corrected chi connectivity index (χ0v) is 10.7. The van der Waals surface area contributed by atoms with Gasteiger partial charge in [-0.15, -0.1) is 0 Å². The van der Waals surface area contributed by atoms with Crippen LogP contribution in [0.1, 0.15) is 25.7 Å². The fraction of sp³-hybridized carbons (Fsp3) is 0.385. The highest BCUT2D eigenvalue weighted by Crippen LogP contribution is 2.27. The predicted octanol–water partition coefficient (Wildman–Crippen LogP) is 2.60. The molecule has 20 heavy (non-hydrogen) atoms. The molecule has 1 N–H and O–H groups in total. The van der Waals surface area contributed by atoms with E-state index < -0.39 is 16.8 Å². The standard InChI is InChI=1S/C13H14N2O5/c16-13(17)9-4-3-5-10(8-9)14-20-12-7-2-1-6-11(12)15(18)19/h1-2,6-7,9H,3-5,8H2,(H,16,17). The summed E-state index contributed by atoms with van der Waals surface area (Å²) in [6.07, 6.45) is 2.34. The molecule has 0 aliphatic heterocycles. The summed E-state index contributed by atoms with van der Waals surface area (Å²) < 4.78 is 0. The van der Waals surface area contributed by atoms with Gasteiger partial charge >= 0.3 is 11.7 Å². The summed E-state index contributed by atoms with van der Waals surface area (Å²) in [6, 6.07) is 5.94. The van der Waals surface area contributed by atoms with E-state index in [0.29, 0.717) is 25.0 Å². The van der Waals surface area contributed by atoms with Crippen LogP contribution in [-0.4, -0.2) is 21.7 Å². The van der Waals surface area contributed by atoms with Gasteiger partial charge in [0.25, 0.3) is 0 Å². The number of aliphatic carboxylic acids is 1. The minimum absolute atomic E-state index is 0.0578. The highest BCUT2D eigenvalue weighted by atomic mass is 16.6. The third-order valence-corrected chi connectivity index (χ3v) is 3.18. The number of nitro benzene ring substituents is 1. The Bertz CT molecular complexity index is 555. The lowest BCUT2D eigenvalue weighted by atomic mass is 9.88. The third kappa shape index (κ3) is 3.31. The van der Waals surface area contributed by atoms with E-state index in [1.807, 2.05) is 0 Å². The number of para-hydroxylation sites is 2. The second-order valence-corrected chi connectivity index (χ2v) is 4.61. The van der Waals surface area contributed by atoms with E-state index in [1.54, 1.807) is 12.1 Å². The van der Waals surface area contributed by atoms with Crippen LogP contribution in [0.15, 0.2) is 29.4 Å². The summed E-state index contributed by atoms with van der Waals surface area (Å²) in [7, 11) is 0. The van der Waals surface area contributed by atoms with Crippen LogP contribution in [0.3, 0.4) is 0 Å². The Kier molecular flexibility index (Phi) is 4.29. The number of carboxylic acid groups (broad SMARTS) is 1. The molecule has 1 aliphatic rings. The van der Waals surface area contributed by atoms with Crippen LogP contribution >= 0.6 is 0 Å². The van der Waals surface area contributed by atoms with Gasteiger partial charge in [0.2, 0.25) is 5.75 Å². The number of hydrogen-bond donors (Lipinski definition) is 1. The van der Waals surface area contributed by atoms with E-state index in [0.717, 1.165) is 6.42 Å². The van der Waals surface area contributed by atoms with Gasteiger partial charge in [-0.2, -0.15) is 0 Å². The van der Waals surface area contributed by atoms with E-state index in [2.05, 4.69) is 5.16 Å². The van der Waals surface area contributed by atoms with Crippen molar-refractivity contribution in [2.75, 3.05) is 0 Å². The summed E-state index contributed by atoms with van der Waals surface area (Å²) in [5.74, 6) is -1.23. The molecule has 1 saturated carbocycles. The van der Waals surface area contributed by atoms with Gasteiger partial charge in [0.05, 0.1) is 16.6 Å². The number of benzene rings is 1. The molecule has 106 valence electrons. The van der Waals surface area contributed by atoms with Crippen molar-refractivity contribution in [1.82, 2.24) is 0 Å². The molecule has 7 heteroatoms. The van der Waals surface area contributed by atoms with E-state index >= 15 is 0 Å². The average molecular weight is 278 g/mol. The van der Waals surface area contributed by atoms with Crippen molar-refractivity contribution in [1.29, 1.82) is 0 Å². The first-order chi connectivity index (χ1) is 9.58. The van der Waals surface area contributed by atoms with E-state index in [1.165, 1.54) is 12.1 Å². The molecule has 2 rings (SSSR count). The molecule has 0 radical (unpaired) electrons. The van der Waals surface area contributed by atoms with E-state index in [4.69, 9.17) is 9.94 Å². The third-order valence-electron chi connectivity index (χ3n) is 3.18. The molecule has 1 fully saturated rings. The molecule has 1 aromatic rings. The first-order valence-corrected chi connectivity index (χ1v) is 6.27. The Morgan fingerprint density at radius 1 is 1.45 bits per heavy atom. The molecule has 7 nitrogen and oxygen atoms in total. The van der Waals surface area contributed by atoms with Crippen molar-refractivity contribution >= 4 is 17.4 Å². The molecule has 0 amide bonds. The number of carbonyl (C=O) groups is 1. The van der Waals surface area contributed by atoms with Crippen molar-refractivity contribution in [2.45, 2.75) is 25.7 Å². The first kappa shape index (κ1) is 14.0. The smallest absolute Gasteiger partial charge is 0.314 e. The minimum atomic E-state index is -0.844. The molecule has 0 bridgehead atoms. The molecular formula is C13H14N2O5. The average Bonchev–Trinajstić information content (AvgIpc) is 2.45. The van der Waals surface area contributed by atoms with Crippen LogP contribution in [0.25, 0.3) is 0 Å². The van der Waals surface area contributed by atoms with Gasteiger partial charge in [-0.05, 0) is 25.3 Å². The van der Waals surface area contributed by atoms with Crippen molar-refractivity contribution in [3.63, 3.8) is 0 Å². The largest absolute Gasteiger partial charge is 0.481 e. The first-order valence-electron chi connectivity index (χ1n) is 6.27. The van der Waals surface area contributed by atoms with Crippen LogP contribution in [0.5, 0.6) is 5.75 Å². The Balaban J connectivity index is 2.09. The lowest BCUT2D eigenvalue weighted by molar-refractivity contribution is -0.385. The van der Waals surface area contributed by atoms with Gasteiger partial charge in [-0.3, -0.25) is 14.9 Å². The minimum Gasteiger partial charge on any atom is -0.481 e. The summed E-state index contributed by atoms with van der Waals surface area (Å²) >= 11 is 0. The maximum Gasteiger partial charge on any atom is 0.314 e. The van der Waals surface area contributed by atoms with Crippen LogP contribution in [0.2, 0.25) is 0 Å². The van der Waals surface area contributed by atoms with E-state index in [9.17, 15) is 14.9 Å². The van der Waals surface area contributed by atoms with Gasteiger partial charge in [0.15, 0.2) is 0 Å².